The van der Waals surface area contributed by atoms with Gasteiger partial charge in [0.2, 0.25) is 0 Å². The first-order valence-electron chi connectivity index (χ1n) is 14.8. The third-order valence-electron chi connectivity index (χ3n) is 5.05. The first kappa shape index (κ1) is 39.8. The molecule has 12 nitrogen and oxygen atoms in total. The van der Waals surface area contributed by atoms with E-state index in [2.05, 4.69) is 13.5 Å². The highest BCUT2D eigenvalue weighted by atomic mass is 16.6. The summed E-state index contributed by atoms with van der Waals surface area (Å²) in [6, 6.07) is 0. The molecule has 0 aliphatic carbocycles. The number of carbonyl (C=O) groups excluding carboxylic acids is 1. The molecule has 41 heavy (non-hydrogen) atoms. The van der Waals surface area contributed by atoms with Crippen molar-refractivity contribution in [1.29, 1.82) is 0 Å². The summed E-state index contributed by atoms with van der Waals surface area (Å²) in [6.45, 7) is 17.9. The van der Waals surface area contributed by atoms with Crippen molar-refractivity contribution in [1.82, 2.24) is 0 Å². The van der Waals surface area contributed by atoms with Crippen LogP contribution in [0.5, 0.6) is 0 Å². The molecule has 0 rings (SSSR count). The van der Waals surface area contributed by atoms with E-state index in [1.165, 1.54) is 12.8 Å². The van der Waals surface area contributed by atoms with Gasteiger partial charge >= 0.3 is 5.97 Å². The van der Waals surface area contributed by atoms with Gasteiger partial charge < -0.3 is 52.1 Å². The van der Waals surface area contributed by atoms with Crippen LogP contribution in [-0.4, -0.2) is 145 Å². The quantitative estimate of drug-likeness (QED) is 0.0607. The fraction of sp³-hybridized carbons (Fsp3) is 0.897. The average Bonchev–Trinajstić information content (AvgIpc) is 2.97. The highest BCUT2D eigenvalue weighted by Crippen LogP contribution is 1.94. The Labute approximate surface area is 247 Å². The summed E-state index contributed by atoms with van der Waals surface area (Å²) in [5, 5.41) is 0. The molecule has 0 saturated heterocycles. The molecule has 0 aromatic carbocycles. The van der Waals surface area contributed by atoms with E-state index in [0.29, 0.717) is 131 Å². The molecule has 0 atom stereocenters. The standard InChI is InChI=1S/C29H56O12/c1-4-5-6-7-31-8-9-32-10-11-33-12-13-34-14-15-35-16-17-36-18-19-37-20-21-38-22-23-39-24-25-40-26-27-41-29(30)28(2)3/h2,4-27H2,1,3H3. The molecule has 0 aliphatic rings. The number of ether oxygens (including phenoxy) is 11. The van der Waals surface area contributed by atoms with Crippen LogP contribution in [0.15, 0.2) is 12.2 Å². The van der Waals surface area contributed by atoms with Crippen LogP contribution in [0, 0.1) is 0 Å². The number of hydrogen-bond donors (Lipinski definition) is 0. The van der Waals surface area contributed by atoms with E-state index in [-0.39, 0.29) is 6.61 Å². The molecule has 12 heteroatoms. The second-order valence-electron chi connectivity index (χ2n) is 8.75. The van der Waals surface area contributed by atoms with Gasteiger partial charge in [-0.2, -0.15) is 0 Å². The maximum Gasteiger partial charge on any atom is 0.333 e. The Kier molecular flexibility index (Phi) is 34.0. The van der Waals surface area contributed by atoms with Gasteiger partial charge in [0.25, 0.3) is 0 Å². The Hall–Kier alpha value is -1.19. The molecule has 0 bridgehead atoms. The second kappa shape index (κ2) is 35.0. The summed E-state index contributed by atoms with van der Waals surface area (Å²) in [5.41, 5.74) is 0.372. The van der Waals surface area contributed by atoms with Crippen LogP contribution in [0.3, 0.4) is 0 Å². The fourth-order valence-electron chi connectivity index (χ4n) is 2.85. The molecule has 0 aromatic rings. The molecule has 0 saturated carbocycles. The molecular weight excluding hydrogens is 540 g/mol. The van der Waals surface area contributed by atoms with E-state index in [1.807, 2.05) is 0 Å². The highest BCUT2D eigenvalue weighted by molar-refractivity contribution is 5.86. The predicted molar refractivity (Wildman–Crippen MR) is 153 cm³/mol. The number of rotatable bonds is 35. The Morgan fingerprint density at radius 1 is 0.415 bits per heavy atom. The van der Waals surface area contributed by atoms with Crippen molar-refractivity contribution in [3.8, 4) is 0 Å². The lowest BCUT2D eigenvalue weighted by Gasteiger charge is -2.09. The molecule has 0 heterocycles. The van der Waals surface area contributed by atoms with Crippen LogP contribution >= 0.6 is 0 Å². The lowest BCUT2D eigenvalue weighted by molar-refractivity contribution is -0.140. The summed E-state index contributed by atoms with van der Waals surface area (Å²) in [4.78, 5) is 11.2. The Balaban J connectivity index is 3.06. The Morgan fingerprint density at radius 3 is 0.902 bits per heavy atom. The van der Waals surface area contributed by atoms with E-state index >= 15 is 0 Å². The van der Waals surface area contributed by atoms with Crippen LogP contribution in [0.1, 0.15) is 33.1 Å². The molecule has 0 unspecified atom stereocenters. The maximum atomic E-state index is 11.2. The smallest absolute Gasteiger partial charge is 0.333 e. The highest BCUT2D eigenvalue weighted by Gasteiger charge is 2.02. The normalized spacial score (nSPS) is 11.3. The van der Waals surface area contributed by atoms with Gasteiger partial charge in [0.05, 0.1) is 126 Å². The van der Waals surface area contributed by atoms with E-state index in [4.69, 9.17) is 52.1 Å². The fourth-order valence-corrected chi connectivity index (χ4v) is 2.85. The lowest BCUT2D eigenvalue weighted by atomic mass is 10.3. The third-order valence-corrected chi connectivity index (χ3v) is 5.05. The van der Waals surface area contributed by atoms with Crippen molar-refractivity contribution in [2.45, 2.75) is 33.1 Å². The van der Waals surface area contributed by atoms with Crippen molar-refractivity contribution in [2.24, 2.45) is 0 Å². The summed E-state index contributed by atoms with van der Waals surface area (Å²) >= 11 is 0. The van der Waals surface area contributed by atoms with Crippen LogP contribution < -0.4 is 0 Å². The number of esters is 1. The SMILES string of the molecule is C=C(C)C(=O)OCCOCCOCCOCCOCCOCCOCCOCCOCCOCCOCCCCC. The molecule has 0 fully saturated rings. The van der Waals surface area contributed by atoms with Crippen LogP contribution in [0.4, 0.5) is 0 Å². The van der Waals surface area contributed by atoms with E-state index in [9.17, 15) is 4.79 Å². The Morgan fingerprint density at radius 2 is 0.659 bits per heavy atom. The molecule has 244 valence electrons. The molecule has 0 spiro atoms. The van der Waals surface area contributed by atoms with Crippen LogP contribution in [0.2, 0.25) is 0 Å². The minimum Gasteiger partial charge on any atom is -0.460 e. The van der Waals surface area contributed by atoms with Gasteiger partial charge in [0, 0.05) is 12.2 Å². The van der Waals surface area contributed by atoms with Crippen LogP contribution in [0.25, 0.3) is 0 Å². The van der Waals surface area contributed by atoms with E-state index < -0.39 is 5.97 Å². The largest absolute Gasteiger partial charge is 0.460 e. The van der Waals surface area contributed by atoms with Crippen molar-refractivity contribution >= 4 is 5.97 Å². The molecule has 0 amide bonds. The molecule has 0 aliphatic heterocycles. The van der Waals surface area contributed by atoms with Gasteiger partial charge in [-0.3, -0.25) is 0 Å². The van der Waals surface area contributed by atoms with E-state index in [0.717, 1.165) is 13.0 Å². The monoisotopic (exact) mass is 596 g/mol. The van der Waals surface area contributed by atoms with Gasteiger partial charge in [-0.05, 0) is 13.3 Å². The van der Waals surface area contributed by atoms with Gasteiger partial charge in [-0.15, -0.1) is 0 Å². The minimum absolute atomic E-state index is 0.203. The average molecular weight is 597 g/mol. The lowest BCUT2D eigenvalue weighted by Crippen LogP contribution is -2.15. The minimum atomic E-state index is -0.410. The van der Waals surface area contributed by atoms with Gasteiger partial charge in [0.1, 0.15) is 6.61 Å². The molecule has 0 aromatic heterocycles. The number of hydrogen-bond acceptors (Lipinski definition) is 12. The zero-order chi connectivity index (χ0) is 29.9. The van der Waals surface area contributed by atoms with Crippen molar-refractivity contribution in [3.63, 3.8) is 0 Å². The summed E-state index contributed by atoms with van der Waals surface area (Å²) in [5.74, 6) is -0.410. The first-order valence-corrected chi connectivity index (χ1v) is 14.8. The molecular formula is C29H56O12. The first-order chi connectivity index (χ1) is 20.2. The Bertz CT molecular complexity index is 550. The van der Waals surface area contributed by atoms with Crippen LogP contribution in [-0.2, 0) is 56.9 Å². The summed E-state index contributed by atoms with van der Waals surface area (Å²) in [7, 11) is 0. The number of carbonyl (C=O) groups is 1. The van der Waals surface area contributed by atoms with Crippen molar-refractivity contribution in [3.05, 3.63) is 12.2 Å². The molecule has 0 N–H and O–H groups in total. The predicted octanol–water partition coefficient (Wildman–Crippen LogP) is 2.46. The number of unbranched alkanes of at least 4 members (excludes halogenated alkanes) is 2. The van der Waals surface area contributed by atoms with E-state index in [1.54, 1.807) is 6.92 Å². The zero-order valence-corrected chi connectivity index (χ0v) is 25.6. The van der Waals surface area contributed by atoms with Gasteiger partial charge in [-0.1, -0.05) is 26.3 Å². The second-order valence-corrected chi connectivity index (χ2v) is 8.75. The molecule has 0 radical (unpaired) electrons. The van der Waals surface area contributed by atoms with Crippen molar-refractivity contribution < 1.29 is 56.9 Å². The van der Waals surface area contributed by atoms with Crippen molar-refractivity contribution in [2.75, 3.05) is 139 Å². The summed E-state index contributed by atoms with van der Waals surface area (Å²) < 4.78 is 59.2. The van der Waals surface area contributed by atoms with Gasteiger partial charge in [0.15, 0.2) is 0 Å². The summed E-state index contributed by atoms with van der Waals surface area (Å²) in [6.07, 6.45) is 3.54. The topological polar surface area (TPSA) is 119 Å². The third kappa shape index (κ3) is 34.9. The van der Waals surface area contributed by atoms with Gasteiger partial charge in [-0.25, -0.2) is 4.79 Å². The maximum absolute atomic E-state index is 11.2. The zero-order valence-electron chi connectivity index (χ0n) is 25.6.